The first-order valence-corrected chi connectivity index (χ1v) is 6.83. The maximum Gasteiger partial charge on any atom is 0.335 e. The van der Waals surface area contributed by atoms with E-state index in [-0.39, 0.29) is 11.6 Å². The fraction of sp³-hybridized carbons (Fsp3) is 0.467. The number of hydrogen-bond acceptors (Lipinski definition) is 2. The summed E-state index contributed by atoms with van der Waals surface area (Å²) in [7, 11) is 0. The van der Waals surface area contributed by atoms with Crippen LogP contribution in [0, 0.1) is 5.92 Å². The standard InChI is InChI=1S/C15H22N2O3/c1-11(2)5-4-8-16-15(20)17-10-12-6-3-7-13(9-12)14(18)19/h3,6-7,9,11H,4-5,8,10H2,1-2H3,(H,18,19)(H2,16,17,20). The second-order valence-corrected chi connectivity index (χ2v) is 5.15. The molecule has 5 heteroatoms. The molecule has 0 unspecified atom stereocenters. The molecule has 1 rings (SSSR count). The minimum Gasteiger partial charge on any atom is -0.478 e. The van der Waals surface area contributed by atoms with Crippen molar-refractivity contribution in [1.29, 1.82) is 0 Å². The van der Waals surface area contributed by atoms with Crippen molar-refractivity contribution < 1.29 is 14.7 Å². The number of carboxylic acids is 1. The predicted octanol–water partition coefficient (Wildman–Crippen LogP) is 2.62. The van der Waals surface area contributed by atoms with E-state index in [0.717, 1.165) is 18.4 Å². The second-order valence-electron chi connectivity index (χ2n) is 5.15. The molecule has 1 aromatic carbocycles. The lowest BCUT2D eigenvalue weighted by atomic mass is 10.1. The topological polar surface area (TPSA) is 78.4 Å². The Morgan fingerprint density at radius 2 is 2.00 bits per heavy atom. The third-order valence-corrected chi connectivity index (χ3v) is 2.87. The highest BCUT2D eigenvalue weighted by Gasteiger charge is 2.04. The van der Waals surface area contributed by atoms with Crippen LogP contribution in [0.2, 0.25) is 0 Å². The van der Waals surface area contributed by atoms with Crippen LogP contribution >= 0.6 is 0 Å². The molecule has 5 nitrogen and oxygen atoms in total. The summed E-state index contributed by atoms with van der Waals surface area (Å²) < 4.78 is 0. The summed E-state index contributed by atoms with van der Waals surface area (Å²) in [6.07, 6.45) is 2.04. The molecule has 110 valence electrons. The van der Waals surface area contributed by atoms with Crippen molar-refractivity contribution in [2.75, 3.05) is 6.54 Å². The van der Waals surface area contributed by atoms with Crippen molar-refractivity contribution in [3.8, 4) is 0 Å². The van der Waals surface area contributed by atoms with Gasteiger partial charge in [0, 0.05) is 13.1 Å². The first kappa shape index (κ1) is 16.0. The third kappa shape index (κ3) is 6.22. The molecule has 0 aliphatic heterocycles. The summed E-state index contributed by atoms with van der Waals surface area (Å²) in [5.74, 6) is -0.330. The molecule has 1 aromatic rings. The number of carbonyl (C=O) groups excluding carboxylic acids is 1. The highest BCUT2D eigenvalue weighted by Crippen LogP contribution is 2.05. The van der Waals surface area contributed by atoms with Gasteiger partial charge in [-0.1, -0.05) is 26.0 Å². The molecule has 0 aliphatic carbocycles. The van der Waals surface area contributed by atoms with Gasteiger partial charge in [0.05, 0.1) is 5.56 Å². The van der Waals surface area contributed by atoms with Crippen molar-refractivity contribution in [3.63, 3.8) is 0 Å². The fourth-order valence-electron chi connectivity index (χ4n) is 1.77. The number of hydrogen-bond donors (Lipinski definition) is 3. The molecule has 0 saturated heterocycles. The maximum atomic E-state index is 11.5. The molecule has 0 radical (unpaired) electrons. The minimum atomic E-state index is -0.968. The molecule has 0 heterocycles. The molecule has 0 spiro atoms. The number of aromatic carboxylic acids is 1. The van der Waals surface area contributed by atoms with Crippen molar-refractivity contribution >= 4 is 12.0 Å². The lowest BCUT2D eigenvalue weighted by Crippen LogP contribution is -2.35. The largest absolute Gasteiger partial charge is 0.478 e. The average molecular weight is 278 g/mol. The van der Waals surface area contributed by atoms with E-state index >= 15 is 0 Å². The highest BCUT2D eigenvalue weighted by atomic mass is 16.4. The normalized spacial score (nSPS) is 10.3. The van der Waals surface area contributed by atoms with Gasteiger partial charge in [0.25, 0.3) is 0 Å². The van der Waals surface area contributed by atoms with Crippen LogP contribution in [0.1, 0.15) is 42.6 Å². The van der Waals surface area contributed by atoms with Gasteiger partial charge in [-0.15, -0.1) is 0 Å². The van der Waals surface area contributed by atoms with E-state index in [1.165, 1.54) is 6.07 Å². The lowest BCUT2D eigenvalue weighted by molar-refractivity contribution is 0.0696. The van der Waals surface area contributed by atoms with Gasteiger partial charge in [-0.25, -0.2) is 9.59 Å². The van der Waals surface area contributed by atoms with E-state index in [1.54, 1.807) is 18.2 Å². The quantitative estimate of drug-likeness (QED) is 0.671. The van der Waals surface area contributed by atoms with E-state index in [1.807, 2.05) is 0 Å². The van der Waals surface area contributed by atoms with Crippen molar-refractivity contribution in [3.05, 3.63) is 35.4 Å². The van der Waals surface area contributed by atoms with Crippen molar-refractivity contribution in [2.24, 2.45) is 5.92 Å². The van der Waals surface area contributed by atoms with Crippen LogP contribution in [0.15, 0.2) is 24.3 Å². The summed E-state index contributed by atoms with van der Waals surface area (Å²) in [5.41, 5.74) is 0.990. The number of carbonyl (C=O) groups is 2. The van der Waals surface area contributed by atoms with Crippen LogP contribution in [0.3, 0.4) is 0 Å². The number of amides is 2. The number of nitrogens with one attached hydrogen (secondary N) is 2. The molecular formula is C15H22N2O3. The van der Waals surface area contributed by atoms with Crippen LogP contribution in [0.5, 0.6) is 0 Å². The summed E-state index contributed by atoms with van der Waals surface area (Å²) >= 11 is 0. The van der Waals surface area contributed by atoms with E-state index in [9.17, 15) is 9.59 Å². The number of carboxylic acid groups (broad SMARTS) is 1. The SMILES string of the molecule is CC(C)CCCNC(=O)NCc1cccc(C(=O)O)c1. The Kier molecular flexibility index (Phi) is 6.56. The Morgan fingerprint density at radius 1 is 1.25 bits per heavy atom. The second kappa shape index (κ2) is 8.19. The van der Waals surface area contributed by atoms with Crippen LogP contribution in [0.4, 0.5) is 4.79 Å². The Labute approximate surface area is 119 Å². The zero-order valence-electron chi connectivity index (χ0n) is 12.0. The van der Waals surface area contributed by atoms with Crippen molar-refractivity contribution in [2.45, 2.75) is 33.2 Å². The summed E-state index contributed by atoms with van der Waals surface area (Å²) in [4.78, 5) is 22.4. The Balaban J connectivity index is 2.30. The molecule has 3 N–H and O–H groups in total. The van der Waals surface area contributed by atoms with Crippen LogP contribution in [-0.2, 0) is 6.54 Å². The monoisotopic (exact) mass is 278 g/mol. The molecular weight excluding hydrogens is 256 g/mol. The molecule has 20 heavy (non-hydrogen) atoms. The third-order valence-electron chi connectivity index (χ3n) is 2.87. The number of rotatable bonds is 7. The molecule has 0 atom stereocenters. The summed E-state index contributed by atoms with van der Waals surface area (Å²) in [5, 5.41) is 14.4. The number of urea groups is 1. The van der Waals surface area contributed by atoms with Gasteiger partial charge < -0.3 is 15.7 Å². The number of benzene rings is 1. The average Bonchev–Trinajstić information content (AvgIpc) is 2.41. The molecule has 0 fully saturated rings. The van der Waals surface area contributed by atoms with E-state index in [2.05, 4.69) is 24.5 Å². The Morgan fingerprint density at radius 3 is 2.65 bits per heavy atom. The maximum absolute atomic E-state index is 11.5. The smallest absolute Gasteiger partial charge is 0.335 e. The first-order valence-electron chi connectivity index (χ1n) is 6.83. The highest BCUT2D eigenvalue weighted by molar-refractivity contribution is 5.87. The van der Waals surface area contributed by atoms with Gasteiger partial charge >= 0.3 is 12.0 Å². The van der Waals surface area contributed by atoms with Gasteiger partial charge in [0.1, 0.15) is 0 Å². The van der Waals surface area contributed by atoms with Crippen LogP contribution in [0.25, 0.3) is 0 Å². The predicted molar refractivity (Wildman–Crippen MR) is 77.7 cm³/mol. The van der Waals surface area contributed by atoms with Crippen molar-refractivity contribution in [1.82, 2.24) is 10.6 Å². The van der Waals surface area contributed by atoms with Gasteiger partial charge in [-0.3, -0.25) is 0 Å². The van der Waals surface area contributed by atoms with E-state index in [4.69, 9.17) is 5.11 Å². The van der Waals surface area contributed by atoms with E-state index in [0.29, 0.717) is 19.0 Å². The fourth-order valence-corrected chi connectivity index (χ4v) is 1.77. The summed E-state index contributed by atoms with van der Waals surface area (Å²) in [6, 6.07) is 6.31. The molecule has 0 saturated carbocycles. The van der Waals surface area contributed by atoms with E-state index < -0.39 is 5.97 Å². The zero-order valence-corrected chi connectivity index (χ0v) is 12.0. The molecule has 0 aliphatic rings. The minimum absolute atomic E-state index is 0.224. The van der Waals surface area contributed by atoms with Crippen LogP contribution < -0.4 is 10.6 Å². The molecule has 0 aromatic heterocycles. The Hall–Kier alpha value is -2.04. The zero-order chi connectivity index (χ0) is 15.0. The first-order chi connectivity index (χ1) is 9.49. The summed E-state index contributed by atoms with van der Waals surface area (Å²) in [6.45, 7) is 5.27. The molecule has 0 bridgehead atoms. The van der Waals surface area contributed by atoms with Gasteiger partial charge in [-0.05, 0) is 36.5 Å². The van der Waals surface area contributed by atoms with Gasteiger partial charge in [-0.2, -0.15) is 0 Å². The van der Waals surface area contributed by atoms with Gasteiger partial charge in [0.2, 0.25) is 0 Å². The Bertz CT molecular complexity index is 458. The lowest BCUT2D eigenvalue weighted by Gasteiger charge is -2.09. The van der Waals surface area contributed by atoms with Gasteiger partial charge in [0.15, 0.2) is 0 Å². The molecule has 2 amide bonds. The van der Waals surface area contributed by atoms with Crippen LogP contribution in [-0.4, -0.2) is 23.7 Å².